The molecule has 1 unspecified atom stereocenters. The zero-order valence-electron chi connectivity index (χ0n) is 22.4. The molecule has 1 saturated heterocycles. The monoisotopic (exact) mass is 492 g/mol. The van der Waals surface area contributed by atoms with Gasteiger partial charge in [-0.3, -0.25) is 0 Å². The van der Waals surface area contributed by atoms with Crippen LogP contribution in [0.1, 0.15) is 66.7 Å². The highest BCUT2D eigenvalue weighted by Crippen LogP contribution is 2.36. The van der Waals surface area contributed by atoms with E-state index in [1.54, 1.807) is 0 Å². The summed E-state index contributed by atoms with van der Waals surface area (Å²) in [6, 6.07) is 21.7. The van der Waals surface area contributed by atoms with Crippen molar-refractivity contribution in [1.82, 2.24) is 0 Å². The Labute approximate surface area is 214 Å². The SMILES string of the molecule is CC(=CCO[Si](c1ccccc1)(c1ccccc1)C(C)(C)C)CCC=C(C)COC1CCCCO1. The second-order valence-corrected chi connectivity index (χ2v) is 15.0. The zero-order valence-corrected chi connectivity index (χ0v) is 23.4. The van der Waals surface area contributed by atoms with Crippen LogP contribution < -0.4 is 10.4 Å². The first-order valence-electron chi connectivity index (χ1n) is 13.1. The summed E-state index contributed by atoms with van der Waals surface area (Å²) in [6.45, 7) is 13.4. The minimum absolute atomic E-state index is 0.000646. The molecule has 0 saturated carbocycles. The number of rotatable bonds is 11. The van der Waals surface area contributed by atoms with Crippen LogP contribution in [0.5, 0.6) is 0 Å². The van der Waals surface area contributed by atoms with Crippen molar-refractivity contribution >= 4 is 18.7 Å². The van der Waals surface area contributed by atoms with Crippen molar-refractivity contribution in [1.29, 1.82) is 0 Å². The fourth-order valence-corrected chi connectivity index (χ4v) is 9.33. The maximum absolute atomic E-state index is 6.98. The fourth-order valence-electron chi connectivity index (χ4n) is 4.84. The van der Waals surface area contributed by atoms with Gasteiger partial charge in [0.25, 0.3) is 8.32 Å². The van der Waals surface area contributed by atoms with Crippen LogP contribution in [-0.4, -0.2) is 34.4 Å². The molecule has 35 heavy (non-hydrogen) atoms. The Kier molecular flexibility index (Phi) is 10.5. The third-order valence-corrected chi connectivity index (χ3v) is 11.8. The Morgan fingerprint density at radius 1 is 0.914 bits per heavy atom. The van der Waals surface area contributed by atoms with E-state index in [4.69, 9.17) is 13.9 Å². The molecule has 3 nitrogen and oxygen atoms in total. The summed E-state index contributed by atoms with van der Waals surface area (Å²) >= 11 is 0. The average molecular weight is 493 g/mol. The van der Waals surface area contributed by atoms with Crippen molar-refractivity contribution in [2.24, 2.45) is 0 Å². The lowest BCUT2D eigenvalue weighted by Gasteiger charge is -2.42. The van der Waals surface area contributed by atoms with E-state index in [-0.39, 0.29) is 11.3 Å². The Bertz CT molecular complexity index is 899. The average Bonchev–Trinajstić information content (AvgIpc) is 2.86. The molecule has 0 aliphatic carbocycles. The van der Waals surface area contributed by atoms with Gasteiger partial charge < -0.3 is 13.9 Å². The van der Waals surface area contributed by atoms with Crippen molar-refractivity contribution < 1.29 is 13.9 Å². The van der Waals surface area contributed by atoms with Gasteiger partial charge in [0.15, 0.2) is 6.29 Å². The molecule has 1 heterocycles. The van der Waals surface area contributed by atoms with Gasteiger partial charge in [0.1, 0.15) is 0 Å². The first kappa shape index (κ1) is 27.6. The van der Waals surface area contributed by atoms with Crippen molar-refractivity contribution in [3.63, 3.8) is 0 Å². The third-order valence-electron chi connectivity index (χ3n) is 6.81. The van der Waals surface area contributed by atoms with Gasteiger partial charge in [0.05, 0.1) is 13.2 Å². The summed E-state index contributed by atoms with van der Waals surface area (Å²) in [6.07, 6.45) is 9.96. The third kappa shape index (κ3) is 7.75. The second kappa shape index (κ2) is 13.4. The van der Waals surface area contributed by atoms with E-state index in [0.29, 0.717) is 13.2 Å². The molecular formula is C31H44O3Si. The van der Waals surface area contributed by atoms with E-state index in [1.807, 2.05) is 0 Å². The molecule has 1 fully saturated rings. The molecule has 1 aliphatic rings. The van der Waals surface area contributed by atoms with E-state index >= 15 is 0 Å². The van der Waals surface area contributed by atoms with Crippen LogP contribution in [0.15, 0.2) is 84.0 Å². The van der Waals surface area contributed by atoms with Crippen LogP contribution in [0.3, 0.4) is 0 Å². The second-order valence-electron chi connectivity index (χ2n) is 10.7. The largest absolute Gasteiger partial charge is 0.404 e. The molecule has 0 radical (unpaired) electrons. The Balaban J connectivity index is 1.62. The van der Waals surface area contributed by atoms with Crippen molar-refractivity contribution in [3.05, 3.63) is 84.0 Å². The number of ether oxygens (including phenoxy) is 2. The van der Waals surface area contributed by atoms with Gasteiger partial charge >= 0.3 is 0 Å². The van der Waals surface area contributed by atoms with Gasteiger partial charge in [0.2, 0.25) is 0 Å². The summed E-state index contributed by atoms with van der Waals surface area (Å²) in [5.74, 6) is 0. The molecule has 0 spiro atoms. The van der Waals surface area contributed by atoms with Gasteiger partial charge in [-0.2, -0.15) is 0 Å². The fraction of sp³-hybridized carbons (Fsp3) is 0.484. The maximum Gasteiger partial charge on any atom is 0.261 e. The van der Waals surface area contributed by atoms with Gasteiger partial charge in [-0.05, 0) is 61.4 Å². The van der Waals surface area contributed by atoms with E-state index in [2.05, 4.69) is 107 Å². The molecule has 0 N–H and O–H groups in total. The Morgan fingerprint density at radius 2 is 1.54 bits per heavy atom. The van der Waals surface area contributed by atoms with E-state index in [9.17, 15) is 0 Å². The Morgan fingerprint density at radius 3 is 2.09 bits per heavy atom. The summed E-state index contributed by atoms with van der Waals surface area (Å²) in [5.41, 5.74) is 2.64. The highest BCUT2D eigenvalue weighted by atomic mass is 28.4. The maximum atomic E-state index is 6.98. The van der Waals surface area contributed by atoms with Crippen molar-refractivity contribution in [3.8, 4) is 0 Å². The first-order chi connectivity index (χ1) is 16.8. The summed E-state index contributed by atoms with van der Waals surface area (Å²) in [5, 5.41) is 2.65. The van der Waals surface area contributed by atoms with E-state index < -0.39 is 8.32 Å². The lowest BCUT2D eigenvalue weighted by atomic mass is 10.1. The standard InChI is InChI=1S/C31H44O3Si/c1-26(15-14-16-27(2)25-33-30-21-12-13-23-32-30)22-24-34-35(31(3,4)5,28-17-8-6-9-18-28)29-19-10-7-11-20-29/h6-11,16-20,22,30H,12-15,21,23-25H2,1-5H3. The molecular weight excluding hydrogens is 448 g/mol. The lowest BCUT2D eigenvalue weighted by Crippen LogP contribution is -2.66. The van der Waals surface area contributed by atoms with Gasteiger partial charge in [0, 0.05) is 6.61 Å². The molecule has 190 valence electrons. The highest BCUT2D eigenvalue weighted by molar-refractivity contribution is 6.99. The topological polar surface area (TPSA) is 27.7 Å². The van der Waals surface area contributed by atoms with Gasteiger partial charge in [-0.15, -0.1) is 0 Å². The minimum atomic E-state index is -2.48. The molecule has 0 bridgehead atoms. The van der Waals surface area contributed by atoms with Crippen LogP contribution in [0.4, 0.5) is 0 Å². The minimum Gasteiger partial charge on any atom is -0.404 e. The van der Waals surface area contributed by atoms with Crippen LogP contribution in [0.25, 0.3) is 0 Å². The summed E-state index contributed by atoms with van der Waals surface area (Å²) in [7, 11) is -2.48. The molecule has 0 aromatic heterocycles. The molecule has 2 aromatic rings. The summed E-state index contributed by atoms with van der Waals surface area (Å²) < 4.78 is 18.5. The number of allylic oxidation sites excluding steroid dienone is 2. The molecule has 1 aliphatic heterocycles. The van der Waals surface area contributed by atoms with Crippen LogP contribution in [0.2, 0.25) is 5.04 Å². The summed E-state index contributed by atoms with van der Waals surface area (Å²) in [4.78, 5) is 0. The first-order valence-corrected chi connectivity index (χ1v) is 15.0. The molecule has 1 atom stereocenters. The van der Waals surface area contributed by atoms with Gasteiger partial charge in [-0.1, -0.05) is 105 Å². The molecule has 3 rings (SSSR count). The van der Waals surface area contributed by atoms with E-state index in [1.165, 1.54) is 27.9 Å². The van der Waals surface area contributed by atoms with Crippen molar-refractivity contribution in [2.75, 3.05) is 19.8 Å². The predicted molar refractivity (Wildman–Crippen MR) is 150 cm³/mol. The van der Waals surface area contributed by atoms with Crippen LogP contribution in [-0.2, 0) is 13.9 Å². The van der Waals surface area contributed by atoms with Crippen LogP contribution in [0, 0.1) is 0 Å². The normalized spacial score (nSPS) is 18.0. The molecule has 2 aromatic carbocycles. The highest BCUT2D eigenvalue weighted by Gasteiger charge is 2.49. The molecule has 4 heteroatoms. The lowest BCUT2D eigenvalue weighted by molar-refractivity contribution is -0.156. The number of hydrogen-bond acceptors (Lipinski definition) is 3. The van der Waals surface area contributed by atoms with E-state index in [0.717, 1.165) is 32.3 Å². The Hall–Kier alpha value is -1.98. The number of hydrogen-bond donors (Lipinski definition) is 0. The smallest absolute Gasteiger partial charge is 0.261 e. The molecule has 0 amide bonds. The van der Waals surface area contributed by atoms with Crippen molar-refractivity contribution in [2.45, 2.75) is 78.1 Å². The van der Waals surface area contributed by atoms with Gasteiger partial charge in [-0.25, -0.2) is 0 Å². The quantitative estimate of drug-likeness (QED) is 0.256. The zero-order chi connectivity index (χ0) is 25.2. The van der Waals surface area contributed by atoms with Crippen LogP contribution >= 0.6 is 0 Å². The number of benzene rings is 2. The predicted octanol–water partition coefficient (Wildman–Crippen LogP) is 6.78.